The first-order valence-electron chi connectivity index (χ1n) is 3.75. The average Bonchev–Trinajstić information content (AvgIpc) is 2.08. The smallest absolute Gasteiger partial charge is 0.299 e. The molecular weight excluding hydrogens is 188 g/mol. The Kier molecular flexibility index (Phi) is 3.52. The summed E-state index contributed by atoms with van der Waals surface area (Å²) in [5.74, 6) is 0.374. The van der Waals surface area contributed by atoms with Crippen LogP contribution in [0.4, 0.5) is 0 Å². The Balaban J connectivity index is 2.96. The lowest BCUT2D eigenvalue weighted by Gasteiger charge is -2.03. The van der Waals surface area contributed by atoms with Crippen LogP contribution in [0.3, 0.4) is 0 Å². The summed E-state index contributed by atoms with van der Waals surface area (Å²) in [5.41, 5.74) is 0.816. The number of benzene rings is 1. The molecule has 0 saturated heterocycles. The normalized spacial score (nSPS) is 9.92. The zero-order chi connectivity index (χ0) is 9.68. The van der Waals surface area contributed by atoms with Crippen molar-refractivity contribution in [2.75, 3.05) is 0 Å². The van der Waals surface area contributed by atoms with Gasteiger partial charge in [0.1, 0.15) is 5.75 Å². The predicted molar refractivity (Wildman–Crippen MR) is 51.3 cm³/mol. The largest absolute Gasteiger partial charge is 0.384 e. The Morgan fingerprint density at radius 3 is 2.69 bits per heavy atom. The first-order valence-corrected chi connectivity index (χ1v) is 4.84. The molecular formula is C9H10O3S. The molecule has 70 valence electrons. The molecule has 0 radical (unpaired) electrons. The van der Waals surface area contributed by atoms with Crippen LogP contribution in [0.15, 0.2) is 36.9 Å². The fourth-order valence-corrected chi connectivity index (χ4v) is 1.34. The van der Waals surface area contributed by atoms with Gasteiger partial charge in [0.25, 0.3) is 11.0 Å². The summed E-state index contributed by atoms with van der Waals surface area (Å²) >= 11 is 0. The van der Waals surface area contributed by atoms with Crippen molar-refractivity contribution in [1.29, 1.82) is 0 Å². The topological polar surface area (TPSA) is 43.4 Å². The van der Waals surface area contributed by atoms with Gasteiger partial charge in [-0.2, -0.15) is 8.42 Å². The van der Waals surface area contributed by atoms with E-state index < -0.39 is 11.0 Å². The SMILES string of the molecule is C=CCc1ccccc1O[SH](=O)=O. The minimum absolute atomic E-state index is 0.374. The molecule has 0 bridgehead atoms. The zero-order valence-corrected chi connectivity index (χ0v) is 7.87. The van der Waals surface area contributed by atoms with Crippen molar-refractivity contribution in [3.63, 3.8) is 0 Å². The molecule has 0 aliphatic heterocycles. The van der Waals surface area contributed by atoms with E-state index in [0.29, 0.717) is 12.2 Å². The molecule has 0 fully saturated rings. The minimum Gasteiger partial charge on any atom is -0.384 e. The summed E-state index contributed by atoms with van der Waals surface area (Å²) in [5, 5.41) is 0. The van der Waals surface area contributed by atoms with E-state index in [0.717, 1.165) is 5.56 Å². The number of hydrogen-bond acceptors (Lipinski definition) is 3. The van der Waals surface area contributed by atoms with Crippen molar-refractivity contribution in [1.82, 2.24) is 0 Å². The van der Waals surface area contributed by atoms with Gasteiger partial charge in [-0.05, 0) is 18.1 Å². The molecule has 1 aromatic carbocycles. The second kappa shape index (κ2) is 4.67. The van der Waals surface area contributed by atoms with E-state index in [1.165, 1.54) is 0 Å². The van der Waals surface area contributed by atoms with Crippen LogP contribution in [0.25, 0.3) is 0 Å². The molecule has 0 atom stereocenters. The zero-order valence-electron chi connectivity index (χ0n) is 6.97. The first kappa shape index (κ1) is 9.80. The predicted octanol–water partition coefficient (Wildman–Crippen LogP) is 1.32. The fourth-order valence-electron chi connectivity index (χ4n) is 0.997. The second-order valence-electron chi connectivity index (χ2n) is 2.42. The molecule has 0 heterocycles. The van der Waals surface area contributed by atoms with Crippen molar-refractivity contribution in [3.8, 4) is 5.75 Å². The van der Waals surface area contributed by atoms with Gasteiger partial charge in [0.05, 0.1) is 0 Å². The third-order valence-electron chi connectivity index (χ3n) is 1.51. The van der Waals surface area contributed by atoms with Gasteiger partial charge in [-0.1, -0.05) is 24.3 Å². The number of rotatable bonds is 4. The van der Waals surface area contributed by atoms with Crippen LogP contribution in [0.2, 0.25) is 0 Å². The van der Waals surface area contributed by atoms with Gasteiger partial charge < -0.3 is 4.18 Å². The van der Waals surface area contributed by atoms with E-state index >= 15 is 0 Å². The number of allylic oxidation sites excluding steroid dienone is 1. The van der Waals surface area contributed by atoms with Gasteiger partial charge in [0.15, 0.2) is 0 Å². The summed E-state index contributed by atoms with van der Waals surface area (Å²) in [6.45, 7) is 3.57. The van der Waals surface area contributed by atoms with Gasteiger partial charge in [-0.3, -0.25) is 0 Å². The van der Waals surface area contributed by atoms with E-state index in [-0.39, 0.29) is 0 Å². The molecule has 0 saturated carbocycles. The lowest BCUT2D eigenvalue weighted by atomic mass is 10.1. The summed E-state index contributed by atoms with van der Waals surface area (Å²) < 4.78 is 25.2. The van der Waals surface area contributed by atoms with E-state index in [1.54, 1.807) is 24.3 Å². The molecule has 0 N–H and O–H groups in total. The van der Waals surface area contributed by atoms with Gasteiger partial charge in [0, 0.05) is 0 Å². The molecule has 1 aromatic rings. The van der Waals surface area contributed by atoms with Gasteiger partial charge in [-0.25, -0.2) is 0 Å². The third-order valence-corrected chi connectivity index (χ3v) is 1.86. The molecule has 0 aliphatic rings. The van der Waals surface area contributed by atoms with Gasteiger partial charge in [-0.15, -0.1) is 6.58 Å². The summed E-state index contributed by atoms with van der Waals surface area (Å²) in [6.07, 6.45) is 2.29. The molecule has 4 heteroatoms. The van der Waals surface area contributed by atoms with E-state index in [4.69, 9.17) is 0 Å². The highest BCUT2D eigenvalue weighted by Gasteiger charge is 2.00. The van der Waals surface area contributed by atoms with E-state index in [9.17, 15) is 8.42 Å². The van der Waals surface area contributed by atoms with Crippen molar-refractivity contribution in [3.05, 3.63) is 42.5 Å². The molecule has 3 nitrogen and oxygen atoms in total. The lowest BCUT2D eigenvalue weighted by Crippen LogP contribution is -1.94. The van der Waals surface area contributed by atoms with Crippen molar-refractivity contribution >= 4 is 11.0 Å². The maximum atomic E-state index is 10.3. The third kappa shape index (κ3) is 2.91. The van der Waals surface area contributed by atoms with Crippen LogP contribution in [0, 0.1) is 0 Å². The Morgan fingerprint density at radius 2 is 2.08 bits per heavy atom. The molecule has 0 unspecified atom stereocenters. The van der Waals surface area contributed by atoms with Crippen LogP contribution in [0.1, 0.15) is 5.56 Å². The van der Waals surface area contributed by atoms with Crippen molar-refractivity contribution < 1.29 is 12.6 Å². The van der Waals surface area contributed by atoms with Crippen molar-refractivity contribution in [2.45, 2.75) is 6.42 Å². The van der Waals surface area contributed by atoms with Gasteiger partial charge >= 0.3 is 0 Å². The quantitative estimate of drug-likeness (QED) is 0.586. The highest BCUT2D eigenvalue weighted by molar-refractivity contribution is 7.67. The maximum Gasteiger partial charge on any atom is 0.299 e. The van der Waals surface area contributed by atoms with Gasteiger partial charge in [0.2, 0.25) is 0 Å². The molecule has 0 amide bonds. The molecule has 0 aliphatic carbocycles. The molecule has 0 aromatic heterocycles. The van der Waals surface area contributed by atoms with Crippen LogP contribution in [0.5, 0.6) is 5.75 Å². The highest BCUT2D eigenvalue weighted by Crippen LogP contribution is 2.18. The molecule has 1 rings (SSSR count). The number of hydrogen-bond donors (Lipinski definition) is 1. The highest BCUT2D eigenvalue weighted by atomic mass is 32.2. The Labute approximate surface area is 78.8 Å². The van der Waals surface area contributed by atoms with Crippen molar-refractivity contribution in [2.24, 2.45) is 0 Å². The first-order chi connectivity index (χ1) is 6.24. The number of para-hydroxylation sites is 1. The lowest BCUT2D eigenvalue weighted by molar-refractivity contribution is 0.508. The molecule has 0 spiro atoms. The van der Waals surface area contributed by atoms with E-state index in [1.807, 2.05) is 6.07 Å². The Morgan fingerprint density at radius 1 is 1.38 bits per heavy atom. The summed E-state index contributed by atoms with van der Waals surface area (Å²) in [4.78, 5) is 0. The maximum absolute atomic E-state index is 10.3. The minimum atomic E-state index is -2.84. The van der Waals surface area contributed by atoms with E-state index in [2.05, 4.69) is 10.8 Å². The standard InChI is InChI=1S/C9H10O3S/c1-2-5-8-6-3-4-7-9(8)12-13(10)11/h2-4,6-7,13H,1,5H2. The summed E-state index contributed by atoms with van der Waals surface area (Å²) in [6, 6.07) is 6.96. The van der Waals surface area contributed by atoms with Crippen LogP contribution < -0.4 is 4.18 Å². The second-order valence-corrected chi connectivity index (χ2v) is 3.05. The Hall–Kier alpha value is -1.29. The summed E-state index contributed by atoms with van der Waals surface area (Å²) in [7, 11) is -2.84. The van der Waals surface area contributed by atoms with Crippen LogP contribution in [-0.4, -0.2) is 8.42 Å². The fraction of sp³-hybridized carbons (Fsp3) is 0.111. The van der Waals surface area contributed by atoms with Crippen LogP contribution >= 0.6 is 0 Å². The van der Waals surface area contributed by atoms with Crippen LogP contribution in [-0.2, 0) is 17.4 Å². The Bertz CT molecular complexity index is 361. The molecule has 13 heavy (non-hydrogen) atoms. The average molecular weight is 198 g/mol. The number of thiol groups is 1. The monoisotopic (exact) mass is 198 g/mol.